The number of rotatable bonds is 3. The molecule has 4 rings (SSSR count). The molecule has 2 saturated carbocycles. The number of benzene rings is 2. The van der Waals surface area contributed by atoms with Gasteiger partial charge in [0.2, 0.25) is 0 Å². The zero-order valence-electron chi connectivity index (χ0n) is 10.6. The molecular weight excluding hydrogens is 216 g/mol. The van der Waals surface area contributed by atoms with E-state index in [2.05, 4.69) is 48.5 Å². The van der Waals surface area contributed by atoms with Gasteiger partial charge in [-0.15, -0.1) is 0 Å². The van der Waals surface area contributed by atoms with Crippen LogP contribution >= 0.6 is 0 Å². The summed E-state index contributed by atoms with van der Waals surface area (Å²) in [7, 11) is 0. The first kappa shape index (κ1) is 10.4. The van der Waals surface area contributed by atoms with E-state index in [0.29, 0.717) is 0 Å². The van der Waals surface area contributed by atoms with Crippen molar-refractivity contribution in [3.63, 3.8) is 0 Å². The molecule has 0 heterocycles. The standard InChI is InChI=1S/C18H18/c1-5-15(17-9-10-17)6-2-13(1)14-3-7-16(8-4-14)18-11-12-18/h1-8,17-18H,9-12H2. The van der Waals surface area contributed by atoms with Gasteiger partial charge in [-0.25, -0.2) is 0 Å². The van der Waals surface area contributed by atoms with Crippen LogP contribution in [-0.2, 0) is 0 Å². The fourth-order valence-corrected chi connectivity index (χ4v) is 2.73. The van der Waals surface area contributed by atoms with Crippen LogP contribution in [0, 0.1) is 0 Å². The van der Waals surface area contributed by atoms with Gasteiger partial charge < -0.3 is 0 Å². The van der Waals surface area contributed by atoms with Crippen molar-refractivity contribution in [1.29, 1.82) is 0 Å². The molecular formula is C18H18. The Hall–Kier alpha value is -1.56. The molecule has 0 atom stereocenters. The van der Waals surface area contributed by atoms with Crippen LogP contribution in [0.4, 0.5) is 0 Å². The van der Waals surface area contributed by atoms with Gasteiger partial charge >= 0.3 is 0 Å². The summed E-state index contributed by atoms with van der Waals surface area (Å²) in [5, 5.41) is 0. The summed E-state index contributed by atoms with van der Waals surface area (Å²) >= 11 is 0. The van der Waals surface area contributed by atoms with Gasteiger partial charge in [0, 0.05) is 0 Å². The summed E-state index contributed by atoms with van der Waals surface area (Å²) in [4.78, 5) is 0. The van der Waals surface area contributed by atoms with E-state index >= 15 is 0 Å². The monoisotopic (exact) mass is 234 g/mol. The minimum Gasteiger partial charge on any atom is -0.0581 e. The SMILES string of the molecule is c1cc(C2CC2)ccc1-c1ccc(C2CC2)cc1. The van der Waals surface area contributed by atoms with Gasteiger partial charge in [0.05, 0.1) is 0 Å². The van der Waals surface area contributed by atoms with E-state index < -0.39 is 0 Å². The Morgan fingerprint density at radius 3 is 1.11 bits per heavy atom. The molecule has 2 fully saturated rings. The molecule has 0 saturated heterocycles. The fourth-order valence-electron chi connectivity index (χ4n) is 2.73. The number of hydrogen-bond donors (Lipinski definition) is 0. The van der Waals surface area contributed by atoms with E-state index in [4.69, 9.17) is 0 Å². The maximum atomic E-state index is 2.31. The topological polar surface area (TPSA) is 0 Å². The third-order valence-corrected chi connectivity index (χ3v) is 4.25. The number of hydrogen-bond acceptors (Lipinski definition) is 0. The van der Waals surface area contributed by atoms with E-state index in [1.165, 1.54) is 47.9 Å². The van der Waals surface area contributed by atoms with Crippen LogP contribution in [0.2, 0.25) is 0 Å². The molecule has 2 aromatic carbocycles. The van der Waals surface area contributed by atoms with Crippen LogP contribution in [0.5, 0.6) is 0 Å². The van der Waals surface area contributed by atoms with E-state index in [9.17, 15) is 0 Å². The van der Waals surface area contributed by atoms with Gasteiger partial charge in [-0.1, -0.05) is 48.5 Å². The highest BCUT2D eigenvalue weighted by Crippen LogP contribution is 2.41. The Morgan fingerprint density at radius 2 is 0.833 bits per heavy atom. The van der Waals surface area contributed by atoms with E-state index in [-0.39, 0.29) is 0 Å². The van der Waals surface area contributed by atoms with Gasteiger partial charge in [0.25, 0.3) is 0 Å². The lowest BCUT2D eigenvalue weighted by atomic mass is 10.0. The minimum atomic E-state index is 0.858. The van der Waals surface area contributed by atoms with Gasteiger partial charge in [0.15, 0.2) is 0 Å². The van der Waals surface area contributed by atoms with Crippen LogP contribution in [-0.4, -0.2) is 0 Å². The Kier molecular flexibility index (Phi) is 2.29. The largest absolute Gasteiger partial charge is 0.0581 e. The van der Waals surface area contributed by atoms with Gasteiger partial charge in [-0.3, -0.25) is 0 Å². The summed E-state index contributed by atoms with van der Waals surface area (Å²) in [5.74, 6) is 1.72. The highest BCUT2D eigenvalue weighted by atomic mass is 14.3. The second-order valence-corrected chi connectivity index (χ2v) is 5.79. The van der Waals surface area contributed by atoms with Crippen molar-refractivity contribution in [2.75, 3.05) is 0 Å². The molecule has 18 heavy (non-hydrogen) atoms. The van der Waals surface area contributed by atoms with Crippen LogP contribution in [0.15, 0.2) is 48.5 Å². The Labute approximate surface area is 109 Å². The molecule has 2 aliphatic rings. The average molecular weight is 234 g/mol. The predicted octanol–water partition coefficient (Wildman–Crippen LogP) is 5.11. The van der Waals surface area contributed by atoms with Crippen LogP contribution in [0.1, 0.15) is 48.6 Å². The molecule has 2 aliphatic carbocycles. The first-order chi connectivity index (χ1) is 8.90. The van der Waals surface area contributed by atoms with Crippen LogP contribution in [0.25, 0.3) is 11.1 Å². The Morgan fingerprint density at radius 1 is 0.500 bits per heavy atom. The lowest BCUT2D eigenvalue weighted by Crippen LogP contribution is -1.83. The summed E-state index contributed by atoms with van der Waals surface area (Å²) in [6.07, 6.45) is 5.54. The summed E-state index contributed by atoms with van der Waals surface area (Å²) < 4.78 is 0. The van der Waals surface area contributed by atoms with Crippen molar-refractivity contribution in [3.8, 4) is 11.1 Å². The van der Waals surface area contributed by atoms with Crippen LogP contribution < -0.4 is 0 Å². The van der Waals surface area contributed by atoms with Gasteiger partial charge in [-0.2, -0.15) is 0 Å². The highest BCUT2D eigenvalue weighted by Gasteiger charge is 2.24. The summed E-state index contributed by atoms with van der Waals surface area (Å²) in [6, 6.07) is 18.3. The van der Waals surface area contributed by atoms with Crippen molar-refractivity contribution in [2.45, 2.75) is 37.5 Å². The van der Waals surface area contributed by atoms with E-state index in [1.54, 1.807) is 0 Å². The quantitative estimate of drug-likeness (QED) is 0.692. The maximum absolute atomic E-state index is 2.31. The summed E-state index contributed by atoms with van der Waals surface area (Å²) in [6.45, 7) is 0. The normalized spacial score (nSPS) is 18.9. The first-order valence-corrected chi connectivity index (χ1v) is 7.10. The van der Waals surface area contributed by atoms with Crippen LogP contribution in [0.3, 0.4) is 0 Å². The predicted molar refractivity (Wildman–Crippen MR) is 75.8 cm³/mol. The third-order valence-electron chi connectivity index (χ3n) is 4.25. The van der Waals surface area contributed by atoms with Gasteiger partial charge in [0.1, 0.15) is 0 Å². The smallest absolute Gasteiger partial charge is 0.0162 e. The second-order valence-electron chi connectivity index (χ2n) is 5.79. The molecule has 0 amide bonds. The summed E-state index contributed by atoms with van der Waals surface area (Å²) in [5.41, 5.74) is 5.74. The first-order valence-electron chi connectivity index (χ1n) is 7.10. The van der Waals surface area contributed by atoms with Crippen molar-refractivity contribution >= 4 is 0 Å². The molecule has 0 aromatic heterocycles. The molecule has 0 spiro atoms. The molecule has 0 bridgehead atoms. The molecule has 0 nitrogen and oxygen atoms in total. The molecule has 90 valence electrons. The molecule has 0 heteroatoms. The zero-order chi connectivity index (χ0) is 11.9. The van der Waals surface area contributed by atoms with Crippen molar-refractivity contribution in [1.82, 2.24) is 0 Å². The molecule has 2 aromatic rings. The second kappa shape index (κ2) is 3.98. The molecule has 0 unspecified atom stereocenters. The van der Waals surface area contributed by atoms with Crippen molar-refractivity contribution < 1.29 is 0 Å². The van der Waals surface area contributed by atoms with Gasteiger partial charge in [-0.05, 0) is 59.8 Å². The zero-order valence-corrected chi connectivity index (χ0v) is 10.6. The lowest BCUT2D eigenvalue weighted by Gasteiger charge is -2.05. The average Bonchev–Trinajstić information content (AvgIpc) is 3.32. The lowest BCUT2D eigenvalue weighted by molar-refractivity contribution is 1.13. The third kappa shape index (κ3) is 1.96. The van der Waals surface area contributed by atoms with E-state index in [1.807, 2.05) is 0 Å². The molecule has 0 aliphatic heterocycles. The maximum Gasteiger partial charge on any atom is -0.0162 e. The highest BCUT2D eigenvalue weighted by molar-refractivity contribution is 5.64. The molecule has 0 N–H and O–H groups in total. The van der Waals surface area contributed by atoms with E-state index in [0.717, 1.165) is 11.8 Å². The Bertz CT molecular complexity index is 486. The van der Waals surface area contributed by atoms with Crippen molar-refractivity contribution in [2.24, 2.45) is 0 Å². The molecule has 0 radical (unpaired) electrons. The Balaban J connectivity index is 1.60. The fraction of sp³-hybridized carbons (Fsp3) is 0.333. The van der Waals surface area contributed by atoms with Crippen molar-refractivity contribution in [3.05, 3.63) is 59.7 Å². The minimum absolute atomic E-state index is 0.858.